The predicted octanol–water partition coefficient (Wildman–Crippen LogP) is -0.726. The van der Waals surface area contributed by atoms with E-state index in [0.717, 1.165) is 0 Å². The third-order valence-corrected chi connectivity index (χ3v) is 2.54. The van der Waals surface area contributed by atoms with Crippen molar-refractivity contribution in [2.45, 2.75) is 0 Å². The van der Waals surface area contributed by atoms with Crippen LogP contribution in [0.1, 0.15) is 20.8 Å². The summed E-state index contributed by atoms with van der Waals surface area (Å²) in [7, 11) is 0. The Kier molecular flexibility index (Phi) is 4.91. The van der Waals surface area contributed by atoms with Crippen molar-refractivity contribution in [1.82, 2.24) is 9.55 Å². The Morgan fingerprint density at radius 1 is 1.00 bits per heavy atom. The van der Waals surface area contributed by atoms with Crippen LogP contribution < -0.4 is 11.2 Å². The van der Waals surface area contributed by atoms with E-state index in [4.69, 9.17) is 10.2 Å². The number of hydrogen-bond donors (Lipinski definition) is 3. The van der Waals surface area contributed by atoms with E-state index in [-0.39, 0.29) is 24.5 Å². The van der Waals surface area contributed by atoms with Crippen molar-refractivity contribution in [3.05, 3.63) is 62.4 Å². The van der Waals surface area contributed by atoms with Crippen LogP contribution in [-0.4, -0.2) is 50.6 Å². The van der Waals surface area contributed by atoms with E-state index in [2.05, 4.69) is 0 Å². The molecule has 2 aromatic rings. The number of nitrogens with zero attached hydrogens (tertiary/aromatic N) is 1. The number of carbonyl (C=O) groups is 2. The van der Waals surface area contributed by atoms with Crippen molar-refractivity contribution < 1.29 is 19.8 Å². The second-order valence-corrected chi connectivity index (χ2v) is 3.76. The van der Waals surface area contributed by atoms with E-state index in [1.807, 2.05) is 0 Å². The number of para-hydroxylation sites is 1. The molecule has 0 radical (unpaired) electrons. The summed E-state index contributed by atoms with van der Waals surface area (Å²) in [5.74, 6) is -3.41. The molecule has 3 N–H and O–H groups in total. The molecule has 0 amide bonds. The molecule has 8 nitrogen and oxygen atoms in total. The Labute approximate surface area is 128 Å². The first-order chi connectivity index (χ1) is 9.43. The average Bonchev–Trinajstić information content (AvgIpc) is 2.38. The fraction of sp³-hybridized carbons (Fsp3) is 0. The van der Waals surface area contributed by atoms with Gasteiger partial charge in [-0.3, -0.25) is 14.3 Å². The van der Waals surface area contributed by atoms with Gasteiger partial charge < -0.3 is 10.2 Å². The number of carboxylic acid groups (broad SMARTS) is 2. The Balaban J connectivity index is 0.00000220. The summed E-state index contributed by atoms with van der Waals surface area (Å²) in [6.45, 7) is 0. The predicted molar refractivity (Wildman–Crippen MR) is 73.7 cm³/mol. The van der Waals surface area contributed by atoms with E-state index < -0.39 is 34.4 Å². The maximum atomic E-state index is 11.8. The van der Waals surface area contributed by atoms with Gasteiger partial charge in [0.1, 0.15) is 0 Å². The number of aromatic carboxylic acids is 2. The van der Waals surface area contributed by atoms with Gasteiger partial charge in [-0.15, -0.1) is 0 Å². The quantitative estimate of drug-likeness (QED) is 0.637. The molecule has 9 heteroatoms. The number of benzene rings is 1. The molecule has 1 aromatic heterocycles. The number of carboxylic acids is 2. The first-order valence-corrected chi connectivity index (χ1v) is 5.35. The van der Waals surface area contributed by atoms with Gasteiger partial charge >= 0.3 is 36.5 Å². The third-order valence-electron chi connectivity index (χ3n) is 2.54. The summed E-state index contributed by atoms with van der Waals surface area (Å²) in [4.78, 5) is 47.4. The molecule has 104 valence electrons. The zero-order valence-corrected chi connectivity index (χ0v) is 9.86. The third kappa shape index (κ3) is 2.96. The molecule has 21 heavy (non-hydrogen) atoms. The molecule has 0 aliphatic rings. The number of nitrogens with one attached hydrogen (secondary N) is 1. The molecule has 1 heterocycles. The van der Waals surface area contributed by atoms with Gasteiger partial charge in [0.15, 0.2) is 11.3 Å². The fourth-order valence-corrected chi connectivity index (χ4v) is 1.76. The van der Waals surface area contributed by atoms with Crippen LogP contribution in [0.4, 0.5) is 0 Å². The number of H-pyrrole nitrogens is 1. The van der Waals surface area contributed by atoms with Crippen molar-refractivity contribution in [3.8, 4) is 5.69 Å². The van der Waals surface area contributed by atoms with Crippen molar-refractivity contribution in [2.24, 2.45) is 0 Å². The molecular formula is C12H9LiN2O6. The van der Waals surface area contributed by atoms with Crippen molar-refractivity contribution in [3.63, 3.8) is 0 Å². The SMILES string of the molecule is O=C(O)c1c(C(=O)O)n(-c2ccccc2)c(=O)[nH]c1=O.[LiH]. The number of hydrogen-bond acceptors (Lipinski definition) is 4. The standard InChI is InChI=1S/C12H8N2O6.Li.H/c15-9-7(10(16)17)8(11(18)19)14(12(20)13-9)6-4-2-1-3-5-6;;/h1-5H,(H,16,17)(H,18,19)(H,13,15,20);;. The molecule has 0 atom stereocenters. The van der Waals surface area contributed by atoms with Crippen LogP contribution in [0.25, 0.3) is 5.69 Å². The zero-order chi connectivity index (χ0) is 14.9. The van der Waals surface area contributed by atoms with Crippen molar-refractivity contribution in [2.75, 3.05) is 0 Å². The van der Waals surface area contributed by atoms with Gasteiger partial charge in [-0.2, -0.15) is 0 Å². The van der Waals surface area contributed by atoms with Gasteiger partial charge in [0.05, 0.1) is 5.69 Å². The first-order valence-electron chi connectivity index (χ1n) is 5.35. The summed E-state index contributed by atoms with van der Waals surface area (Å²) in [6.07, 6.45) is 0. The molecule has 0 fully saturated rings. The number of aromatic amines is 1. The van der Waals surface area contributed by atoms with Crippen LogP contribution in [0.2, 0.25) is 0 Å². The summed E-state index contributed by atoms with van der Waals surface area (Å²) in [5.41, 5.74) is -4.04. The van der Waals surface area contributed by atoms with Gasteiger partial charge in [0.2, 0.25) is 0 Å². The molecule has 0 spiro atoms. The topological polar surface area (TPSA) is 129 Å². The summed E-state index contributed by atoms with van der Waals surface area (Å²) in [5, 5.41) is 18.1. The van der Waals surface area contributed by atoms with Gasteiger partial charge in [-0.1, -0.05) is 18.2 Å². The summed E-state index contributed by atoms with van der Waals surface area (Å²) < 4.78 is 0.632. The van der Waals surface area contributed by atoms with Gasteiger partial charge in [0, 0.05) is 0 Å². The first kappa shape index (κ1) is 16.5. The van der Waals surface area contributed by atoms with Crippen LogP contribution in [0.15, 0.2) is 39.9 Å². The van der Waals surface area contributed by atoms with Crippen LogP contribution in [0, 0.1) is 0 Å². The van der Waals surface area contributed by atoms with Crippen molar-refractivity contribution >= 4 is 30.8 Å². The number of aromatic nitrogens is 2. The monoisotopic (exact) mass is 284 g/mol. The Hall–Kier alpha value is -2.56. The molecule has 0 aliphatic heterocycles. The van der Waals surface area contributed by atoms with Crippen molar-refractivity contribution in [1.29, 1.82) is 0 Å². The Bertz CT molecular complexity index is 809. The van der Waals surface area contributed by atoms with Crippen LogP contribution in [-0.2, 0) is 0 Å². The van der Waals surface area contributed by atoms with E-state index in [1.165, 1.54) is 12.1 Å². The van der Waals surface area contributed by atoms with E-state index >= 15 is 0 Å². The average molecular weight is 284 g/mol. The Morgan fingerprint density at radius 2 is 1.57 bits per heavy atom. The summed E-state index contributed by atoms with van der Waals surface area (Å²) in [6, 6.07) is 7.55. The second kappa shape index (κ2) is 6.26. The second-order valence-electron chi connectivity index (χ2n) is 3.76. The van der Waals surface area contributed by atoms with E-state index in [0.29, 0.717) is 4.57 Å². The maximum absolute atomic E-state index is 11.8. The van der Waals surface area contributed by atoms with Crippen LogP contribution in [0.5, 0.6) is 0 Å². The van der Waals surface area contributed by atoms with E-state index in [9.17, 15) is 19.2 Å². The van der Waals surface area contributed by atoms with Crippen LogP contribution in [0.3, 0.4) is 0 Å². The molecule has 0 unspecified atom stereocenters. The molecule has 0 aliphatic carbocycles. The van der Waals surface area contributed by atoms with E-state index in [1.54, 1.807) is 23.2 Å². The number of rotatable bonds is 3. The summed E-state index contributed by atoms with van der Waals surface area (Å²) >= 11 is 0. The minimum absolute atomic E-state index is 0. The zero-order valence-electron chi connectivity index (χ0n) is 9.86. The molecule has 1 aromatic carbocycles. The molecule has 0 saturated carbocycles. The van der Waals surface area contributed by atoms with Gasteiger partial charge in [0.25, 0.3) is 5.56 Å². The van der Waals surface area contributed by atoms with Gasteiger partial charge in [-0.25, -0.2) is 14.4 Å². The molecule has 0 saturated heterocycles. The molecule has 0 bridgehead atoms. The van der Waals surface area contributed by atoms with Gasteiger partial charge in [-0.05, 0) is 12.1 Å². The fourth-order valence-electron chi connectivity index (χ4n) is 1.76. The molecule has 2 rings (SSSR count). The normalized spacial score (nSPS) is 9.71. The Morgan fingerprint density at radius 3 is 2.05 bits per heavy atom. The van der Waals surface area contributed by atoms with Crippen LogP contribution >= 0.6 is 0 Å². The molecular weight excluding hydrogens is 275 g/mol. The minimum atomic E-state index is -1.73.